The Balaban J connectivity index is 1.42. The van der Waals surface area contributed by atoms with E-state index >= 15 is 0 Å². The predicted octanol–water partition coefficient (Wildman–Crippen LogP) is 4.91. The van der Waals surface area contributed by atoms with Crippen LogP contribution in [0.2, 0.25) is 0 Å². The lowest BCUT2D eigenvalue weighted by atomic mass is 9.88. The monoisotopic (exact) mass is 418 g/mol. The summed E-state index contributed by atoms with van der Waals surface area (Å²) in [5.41, 5.74) is 3.82. The average molecular weight is 419 g/mol. The van der Waals surface area contributed by atoms with Crippen molar-refractivity contribution < 1.29 is 9.90 Å². The Morgan fingerprint density at radius 1 is 1.03 bits per heavy atom. The summed E-state index contributed by atoms with van der Waals surface area (Å²) in [7, 11) is 0. The highest BCUT2D eigenvalue weighted by molar-refractivity contribution is 5.89. The van der Waals surface area contributed by atoms with Crippen molar-refractivity contribution in [2.24, 2.45) is 0 Å². The van der Waals surface area contributed by atoms with Crippen LogP contribution in [-0.4, -0.2) is 27.3 Å². The van der Waals surface area contributed by atoms with Gasteiger partial charge in [0.2, 0.25) is 0 Å². The number of benzene rings is 2. The number of rotatable bonds is 7. The van der Waals surface area contributed by atoms with Gasteiger partial charge < -0.3 is 20.3 Å². The summed E-state index contributed by atoms with van der Waals surface area (Å²) in [6.07, 6.45) is 8.05. The summed E-state index contributed by atoms with van der Waals surface area (Å²) in [5, 5.41) is 15.3. The number of nitrogens with zero attached hydrogens (tertiary/aromatic N) is 2. The summed E-state index contributed by atoms with van der Waals surface area (Å²) >= 11 is 0. The number of anilines is 1. The molecule has 4 rings (SSSR count). The molecule has 6 heteroatoms. The van der Waals surface area contributed by atoms with E-state index in [-0.39, 0.29) is 12.6 Å². The molecule has 1 saturated carbocycles. The van der Waals surface area contributed by atoms with Gasteiger partial charge in [-0.3, -0.25) is 0 Å². The normalized spacial score (nSPS) is 14.4. The van der Waals surface area contributed by atoms with Crippen molar-refractivity contribution in [2.45, 2.75) is 51.1 Å². The first-order valence-electron chi connectivity index (χ1n) is 11.1. The van der Waals surface area contributed by atoms with E-state index in [0.717, 1.165) is 28.3 Å². The van der Waals surface area contributed by atoms with Gasteiger partial charge >= 0.3 is 6.03 Å². The topological polar surface area (TPSA) is 79.2 Å². The zero-order valence-electron chi connectivity index (χ0n) is 17.8. The van der Waals surface area contributed by atoms with Crippen molar-refractivity contribution in [3.8, 4) is 11.3 Å². The van der Waals surface area contributed by atoms with E-state index in [2.05, 4.69) is 15.2 Å². The predicted molar refractivity (Wildman–Crippen MR) is 123 cm³/mol. The summed E-state index contributed by atoms with van der Waals surface area (Å²) in [4.78, 5) is 16.9. The van der Waals surface area contributed by atoms with Gasteiger partial charge in [-0.15, -0.1) is 0 Å². The van der Waals surface area contributed by atoms with Crippen LogP contribution in [0.4, 0.5) is 10.5 Å². The van der Waals surface area contributed by atoms with Gasteiger partial charge in [-0.05, 0) is 36.1 Å². The van der Waals surface area contributed by atoms with Crippen molar-refractivity contribution in [3.05, 3.63) is 72.2 Å². The molecule has 2 amide bonds. The number of aromatic nitrogens is 2. The number of nitrogens with one attached hydrogen (secondary N) is 2. The third-order valence-corrected chi connectivity index (χ3v) is 5.91. The Labute approximate surface area is 183 Å². The number of aliphatic hydroxyl groups excluding tert-OH is 1. The number of aliphatic hydroxyl groups is 1. The number of imidazole rings is 1. The summed E-state index contributed by atoms with van der Waals surface area (Å²) < 4.78 is 2.16. The Kier molecular flexibility index (Phi) is 6.99. The first-order chi connectivity index (χ1) is 15.2. The number of hydrogen-bond donors (Lipinski definition) is 3. The molecule has 0 atom stereocenters. The van der Waals surface area contributed by atoms with E-state index in [1.165, 1.54) is 32.1 Å². The fourth-order valence-electron chi connectivity index (χ4n) is 4.32. The maximum absolute atomic E-state index is 12.2. The minimum atomic E-state index is -0.235. The van der Waals surface area contributed by atoms with Crippen LogP contribution in [-0.2, 0) is 13.1 Å². The highest BCUT2D eigenvalue weighted by Crippen LogP contribution is 2.34. The maximum atomic E-state index is 12.2. The molecule has 1 aromatic heterocycles. The molecule has 0 saturated heterocycles. The lowest BCUT2D eigenvalue weighted by Crippen LogP contribution is -2.28. The first kappa shape index (κ1) is 21.1. The number of carbonyl (C=O) groups excluding carboxylic acids is 1. The van der Waals surface area contributed by atoms with Crippen LogP contribution in [0.5, 0.6) is 0 Å². The van der Waals surface area contributed by atoms with Crippen molar-refractivity contribution in [1.82, 2.24) is 14.9 Å². The molecule has 1 heterocycles. The molecule has 162 valence electrons. The van der Waals surface area contributed by atoms with Crippen LogP contribution in [0.15, 0.2) is 60.8 Å². The van der Waals surface area contributed by atoms with E-state index in [1.807, 2.05) is 60.8 Å². The molecule has 0 spiro atoms. The molecule has 0 radical (unpaired) electrons. The van der Waals surface area contributed by atoms with E-state index in [4.69, 9.17) is 4.98 Å². The second-order valence-electron chi connectivity index (χ2n) is 8.08. The second-order valence-corrected chi connectivity index (χ2v) is 8.08. The first-order valence-corrected chi connectivity index (χ1v) is 11.1. The van der Waals surface area contributed by atoms with Crippen LogP contribution in [0.3, 0.4) is 0 Å². The number of hydrogen-bond acceptors (Lipinski definition) is 3. The standard InChI is InChI=1S/C25H30N4O2/c30-16-15-29-23(18-26-24(29)21-9-5-2-6-10-21)20-11-13-22(14-12-20)28-25(31)27-17-19-7-3-1-4-8-19/h1,3-4,7-8,11-14,18,21,30H,2,5-6,9-10,15-17H2,(H2,27,28,31). The third-order valence-electron chi connectivity index (χ3n) is 5.91. The molecular weight excluding hydrogens is 388 g/mol. The lowest BCUT2D eigenvalue weighted by molar-refractivity contribution is 0.251. The van der Waals surface area contributed by atoms with Crippen LogP contribution >= 0.6 is 0 Å². The van der Waals surface area contributed by atoms with Crippen LogP contribution in [0.25, 0.3) is 11.3 Å². The lowest BCUT2D eigenvalue weighted by Gasteiger charge is -2.22. The van der Waals surface area contributed by atoms with Crippen molar-refractivity contribution in [3.63, 3.8) is 0 Å². The van der Waals surface area contributed by atoms with Gasteiger partial charge in [0.05, 0.1) is 18.5 Å². The molecule has 1 aliphatic carbocycles. The average Bonchev–Trinajstić information content (AvgIpc) is 3.23. The van der Waals surface area contributed by atoms with Gasteiger partial charge in [0.25, 0.3) is 0 Å². The van der Waals surface area contributed by atoms with Gasteiger partial charge in [-0.2, -0.15) is 0 Å². The van der Waals surface area contributed by atoms with E-state index < -0.39 is 0 Å². The van der Waals surface area contributed by atoms with Crippen LogP contribution in [0.1, 0.15) is 49.4 Å². The van der Waals surface area contributed by atoms with Crippen molar-refractivity contribution in [1.29, 1.82) is 0 Å². The Morgan fingerprint density at radius 3 is 2.48 bits per heavy atom. The minimum absolute atomic E-state index is 0.0876. The molecule has 1 aliphatic rings. The maximum Gasteiger partial charge on any atom is 0.319 e. The Morgan fingerprint density at radius 2 is 1.77 bits per heavy atom. The van der Waals surface area contributed by atoms with Gasteiger partial charge in [0.1, 0.15) is 5.82 Å². The molecule has 1 fully saturated rings. The fourth-order valence-corrected chi connectivity index (χ4v) is 4.32. The van der Waals surface area contributed by atoms with Crippen molar-refractivity contribution >= 4 is 11.7 Å². The van der Waals surface area contributed by atoms with Gasteiger partial charge in [-0.1, -0.05) is 61.7 Å². The molecule has 3 N–H and O–H groups in total. The van der Waals surface area contributed by atoms with Gasteiger partial charge in [0, 0.05) is 24.7 Å². The Bertz CT molecular complexity index is 977. The molecule has 0 aliphatic heterocycles. The minimum Gasteiger partial charge on any atom is -0.395 e. The van der Waals surface area contributed by atoms with E-state index in [0.29, 0.717) is 19.0 Å². The molecule has 6 nitrogen and oxygen atoms in total. The summed E-state index contributed by atoms with van der Waals surface area (Å²) in [5.74, 6) is 1.56. The van der Waals surface area contributed by atoms with Crippen LogP contribution < -0.4 is 10.6 Å². The number of carbonyl (C=O) groups is 1. The molecule has 31 heavy (non-hydrogen) atoms. The van der Waals surface area contributed by atoms with Gasteiger partial charge in [0.15, 0.2) is 0 Å². The largest absolute Gasteiger partial charge is 0.395 e. The quantitative estimate of drug-likeness (QED) is 0.510. The summed E-state index contributed by atoms with van der Waals surface area (Å²) in [6, 6.07) is 17.4. The molecule has 2 aromatic carbocycles. The second kappa shape index (κ2) is 10.3. The highest BCUT2D eigenvalue weighted by atomic mass is 16.3. The molecule has 3 aromatic rings. The number of urea groups is 1. The molecular formula is C25H30N4O2. The summed E-state index contributed by atoms with van der Waals surface area (Å²) in [6.45, 7) is 1.11. The van der Waals surface area contributed by atoms with E-state index in [9.17, 15) is 9.90 Å². The van der Waals surface area contributed by atoms with Crippen LogP contribution in [0, 0.1) is 0 Å². The zero-order valence-corrected chi connectivity index (χ0v) is 17.8. The van der Waals surface area contributed by atoms with Gasteiger partial charge in [-0.25, -0.2) is 9.78 Å². The zero-order chi connectivity index (χ0) is 21.5. The third kappa shape index (κ3) is 5.33. The molecule has 0 unspecified atom stereocenters. The highest BCUT2D eigenvalue weighted by Gasteiger charge is 2.22. The SMILES string of the molecule is O=C(NCc1ccccc1)Nc1ccc(-c2cnc(C3CCCCC3)n2CCO)cc1. The Hall–Kier alpha value is -3.12. The van der Waals surface area contributed by atoms with E-state index in [1.54, 1.807) is 0 Å². The smallest absolute Gasteiger partial charge is 0.319 e. The fraction of sp³-hybridized carbons (Fsp3) is 0.360. The number of amides is 2. The van der Waals surface area contributed by atoms with Crippen molar-refractivity contribution in [2.75, 3.05) is 11.9 Å². The molecule has 0 bridgehead atoms.